The Labute approximate surface area is 207 Å². The zero-order chi connectivity index (χ0) is 22.7. The van der Waals surface area contributed by atoms with E-state index in [1.807, 2.05) is 38.1 Å². The smallest absolute Gasteiger partial charge is 0.282 e. The highest BCUT2D eigenvalue weighted by molar-refractivity contribution is 9.11. The molecule has 2 aromatic carbocycles. The Morgan fingerprint density at radius 3 is 2.39 bits per heavy atom. The van der Waals surface area contributed by atoms with Crippen LogP contribution in [0.3, 0.4) is 0 Å². The molecule has 0 amide bonds. The van der Waals surface area contributed by atoms with Gasteiger partial charge in [-0.15, -0.1) is 0 Å². The van der Waals surface area contributed by atoms with Gasteiger partial charge in [0.25, 0.3) is 5.56 Å². The predicted molar refractivity (Wildman–Crippen MR) is 138 cm³/mol. The summed E-state index contributed by atoms with van der Waals surface area (Å²) in [5, 5.41) is 5.06. The van der Waals surface area contributed by atoms with Crippen LogP contribution in [0.15, 0.2) is 53.6 Å². The molecule has 0 aliphatic heterocycles. The van der Waals surface area contributed by atoms with Gasteiger partial charge in [0.2, 0.25) is 0 Å². The highest BCUT2D eigenvalue weighted by Crippen LogP contribution is 2.35. The maximum Gasteiger partial charge on any atom is 0.282 e. The SMILES string of the molecule is CC[C@@H](C)c1nc2ccc(Br)cc2c(=O)n1N=Cc1cc(Br)c(O[C@@H](C)CC)c(Br)c1. The van der Waals surface area contributed by atoms with E-state index in [2.05, 4.69) is 66.7 Å². The first-order chi connectivity index (χ1) is 14.7. The molecule has 0 radical (unpaired) electrons. The van der Waals surface area contributed by atoms with Gasteiger partial charge in [0.05, 0.1) is 32.2 Å². The summed E-state index contributed by atoms with van der Waals surface area (Å²) < 4.78 is 9.86. The molecule has 0 unspecified atom stereocenters. The molecule has 2 atom stereocenters. The summed E-state index contributed by atoms with van der Waals surface area (Å²) in [5.41, 5.74) is 1.31. The van der Waals surface area contributed by atoms with Gasteiger partial charge in [-0.3, -0.25) is 4.79 Å². The number of fused-ring (bicyclic) bond motifs is 1. The van der Waals surface area contributed by atoms with Crippen molar-refractivity contribution in [3.05, 3.63) is 65.5 Å². The van der Waals surface area contributed by atoms with Crippen LogP contribution in [0.5, 0.6) is 5.75 Å². The standard InChI is InChI=1S/C23H24Br3N3O2/c1-5-13(3)22-28-20-8-7-16(24)11-17(20)23(30)29(22)27-12-15-9-18(25)21(19(26)10-15)31-14(4)6-2/h7-14H,5-6H2,1-4H3/t13-,14+/m1/s1. The lowest BCUT2D eigenvalue weighted by atomic mass is 10.1. The maximum atomic E-state index is 13.2. The third kappa shape index (κ3) is 5.46. The van der Waals surface area contributed by atoms with E-state index in [0.29, 0.717) is 16.7 Å². The van der Waals surface area contributed by atoms with Gasteiger partial charge >= 0.3 is 0 Å². The summed E-state index contributed by atoms with van der Waals surface area (Å²) in [7, 11) is 0. The second kappa shape index (κ2) is 10.4. The van der Waals surface area contributed by atoms with Gasteiger partial charge in [-0.05, 0) is 87.5 Å². The van der Waals surface area contributed by atoms with Crippen molar-refractivity contribution in [1.29, 1.82) is 0 Å². The molecule has 0 aliphatic carbocycles. The van der Waals surface area contributed by atoms with Crippen molar-refractivity contribution in [1.82, 2.24) is 9.66 Å². The van der Waals surface area contributed by atoms with Crippen molar-refractivity contribution in [2.24, 2.45) is 5.10 Å². The Morgan fingerprint density at radius 1 is 1.10 bits per heavy atom. The number of nitrogens with zero attached hydrogens (tertiary/aromatic N) is 3. The lowest BCUT2D eigenvalue weighted by Crippen LogP contribution is -2.23. The first kappa shape index (κ1) is 24.1. The molecule has 1 aromatic heterocycles. The molecule has 1 heterocycles. The molecule has 5 nitrogen and oxygen atoms in total. The minimum atomic E-state index is -0.187. The zero-order valence-corrected chi connectivity index (χ0v) is 22.6. The van der Waals surface area contributed by atoms with Crippen LogP contribution in [0.2, 0.25) is 0 Å². The van der Waals surface area contributed by atoms with Crippen molar-refractivity contribution in [3.8, 4) is 5.75 Å². The topological polar surface area (TPSA) is 56.5 Å². The summed E-state index contributed by atoms with van der Waals surface area (Å²) in [4.78, 5) is 18.0. The molecule has 3 aromatic rings. The molecule has 0 saturated heterocycles. The van der Waals surface area contributed by atoms with Crippen LogP contribution >= 0.6 is 47.8 Å². The molecule has 164 valence electrons. The van der Waals surface area contributed by atoms with E-state index in [-0.39, 0.29) is 17.6 Å². The van der Waals surface area contributed by atoms with E-state index in [1.165, 1.54) is 4.68 Å². The van der Waals surface area contributed by atoms with Crippen molar-refractivity contribution in [3.63, 3.8) is 0 Å². The predicted octanol–water partition coefficient (Wildman–Crippen LogP) is 7.26. The minimum Gasteiger partial charge on any atom is -0.488 e. The molecule has 3 rings (SSSR count). The van der Waals surface area contributed by atoms with Crippen LogP contribution in [-0.4, -0.2) is 22.0 Å². The van der Waals surface area contributed by atoms with E-state index < -0.39 is 0 Å². The summed E-state index contributed by atoms with van der Waals surface area (Å²) in [6, 6.07) is 9.37. The second-order valence-electron chi connectivity index (χ2n) is 7.45. The van der Waals surface area contributed by atoms with E-state index in [9.17, 15) is 4.79 Å². The van der Waals surface area contributed by atoms with Gasteiger partial charge < -0.3 is 4.74 Å². The normalized spacial score (nSPS) is 13.6. The Kier molecular flexibility index (Phi) is 8.10. The van der Waals surface area contributed by atoms with E-state index >= 15 is 0 Å². The molecule has 0 bridgehead atoms. The molecule has 0 fully saturated rings. The van der Waals surface area contributed by atoms with Gasteiger partial charge in [0, 0.05) is 10.4 Å². The third-order valence-electron chi connectivity index (χ3n) is 5.12. The van der Waals surface area contributed by atoms with Gasteiger partial charge in [-0.2, -0.15) is 9.78 Å². The summed E-state index contributed by atoms with van der Waals surface area (Å²) in [6.45, 7) is 8.23. The Balaban J connectivity index is 2.08. The first-order valence-electron chi connectivity index (χ1n) is 10.2. The number of rotatable bonds is 7. The van der Waals surface area contributed by atoms with Crippen LogP contribution in [0.4, 0.5) is 0 Å². The second-order valence-corrected chi connectivity index (χ2v) is 10.1. The zero-order valence-electron chi connectivity index (χ0n) is 17.8. The summed E-state index contributed by atoms with van der Waals surface area (Å²) in [6.07, 6.45) is 3.53. The van der Waals surface area contributed by atoms with Crippen LogP contribution < -0.4 is 10.3 Å². The molecule has 31 heavy (non-hydrogen) atoms. The van der Waals surface area contributed by atoms with Gasteiger partial charge in [-0.25, -0.2) is 4.98 Å². The van der Waals surface area contributed by atoms with E-state index in [4.69, 9.17) is 9.72 Å². The quantitative estimate of drug-likeness (QED) is 0.264. The van der Waals surface area contributed by atoms with Gasteiger partial charge in [0.1, 0.15) is 11.6 Å². The molecule has 8 heteroatoms. The number of benzene rings is 2. The number of hydrogen-bond acceptors (Lipinski definition) is 4. The van der Waals surface area contributed by atoms with E-state index in [0.717, 1.165) is 37.6 Å². The molecule has 0 N–H and O–H groups in total. The lowest BCUT2D eigenvalue weighted by Gasteiger charge is -2.16. The minimum absolute atomic E-state index is 0.0858. The van der Waals surface area contributed by atoms with Crippen molar-refractivity contribution in [2.45, 2.75) is 52.6 Å². The van der Waals surface area contributed by atoms with Gasteiger partial charge in [-0.1, -0.05) is 36.7 Å². The van der Waals surface area contributed by atoms with Crippen molar-refractivity contribution >= 4 is 64.9 Å². The molecule has 0 saturated carbocycles. The average molecular weight is 614 g/mol. The number of aromatic nitrogens is 2. The Hall–Kier alpha value is -1.51. The molecule has 0 spiro atoms. The highest BCUT2D eigenvalue weighted by atomic mass is 79.9. The monoisotopic (exact) mass is 611 g/mol. The number of hydrogen-bond donors (Lipinski definition) is 0. The highest BCUT2D eigenvalue weighted by Gasteiger charge is 2.16. The first-order valence-corrected chi connectivity index (χ1v) is 12.5. The third-order valence-corrected chi connectivity index (χ3v) is 6.79. The fourth-order valence-electron chi connectivity index (χ4n) is 2.95. The summed E-state index contributed by atoms with van der Waals surface area (Å²) >= 11 is 10.6. The fraction of sp³-hybridized carbons (Fsp3) is 0.348. The Morgan fingerprint density at radius 2 is 1.77 bits per heavy atom. The summed E-state index contributed by atoms with van der Waals surface area (Å²) in [5.74, 6) is 1.48. The van der Waals surface area contributed by atoms with Crippen LogP contribution in [0, 0.1) is 0 Å². The molecular weight excluding hydrogens is 590 g/mol. The average Bonchev–Trinajstić information content (AvgIpc) is 2.75. The molecule has 0 aliphatic rings. The van der Waals surface area contributed by atoms with Crippen molar-refractivity contribution < 1.29 is 4.74 Å². The largest absolute Gasteiger partial charge is 0.488 e. The number of halogens is 3. The van der Waals surface area contributed by atoms with Gasteiger partial charge in [0.15, 0.2) is 0 Å². The number of ether oxygens (including phenoxy) is 1. The lowest BCUT2D eigenvalue weighted by molar-refractivity contribution is 0.214. The van der Waals surface area contributed by atoms with Crippen LogP contribution in [0.25, 0.3) is 10.9 Å². The van der Waals surface area contributed by atoms with Crippen LogP contribution in [0.1, 0.15) is 57.8 Å². The Bertz CT molecular complexity index is 1170. The fourth-order valence-corrected chi connectivity index (χ4v) is 4.72. The van der Waals surface area contributed by atoms with E-state index in [1.54, 1.807) is 12.3 Å². The van der Waals surface area contributed by atoms with Crippen molar-refractivity contribution in [2.75, 3.05) is 0 Å². The molecular formula is C23H24Br3N3O2. The van der Waals surface area contributed by atoms with Crippen LogP contribution in [-0.2, 0) is 0 Å². The maximum absolute atomic E-state index is 13.2.